The van der Waals surface area contributed by atoms with Gasteiger partial charge in [0, 0.05) is 18.6 Å². The summed E-state index contributed by atoms with van der Waals surface area (Å²) in [4.78, 5) is 10.4. The minimum atomic E-state index is -4.46. The van der Waals surface area contributed by atoms with Gasteiger partial charge in [-0.15, -0.1) is 0 Å². The highest BCUT2D eigenvalue weighted by atomic mass is 19.4. The number of rotatable bonds is 0. The van der Waals surface area contributed by atoms with Crippen molar-refractivity contribution in [2.75, 3.05) is 0 Å². The molecule has 1 N–H and O–H groups in total. The van der Waals surface area contributed by atoms with E-state index in [1.807, 2.05) is 0 Å². The number of imidazole rings is 1. The number of pyridine rings is 1. The molecule has 3 rings (SSSR count). The molecular formula is C10H7F3N4. The van der Waals surface area contributed by atoms with Gasteiger partial charge in [-0.05, 0) is 6.07 Å². The third kappa shape index (κ3) is 1.31. The summed E-state index contributed by atoms with van der Waals surface area (Å²) >= 11 is 0. The van der Waals surface area contributed by atoms with Crippen LogP contribution >= 0.6 is 0 Å². The number of aromatic amines is 1. The molecule has 0 atom stereocenters. The molecule has 0 aliphatic carbocycles. The van der Waals surface area contributed by atoms with Crippen molar-refractivity contribution in [3.8, 4) is 0 Å². The molecule has 3 heterocycles. The number of hydrogen-bond acceptors (Lipinski definition) is 2. The van der Waals surface area contributed by atoms with Gasteiger partial charge < -0.3 is 9.55 Å². The lowest BCUT2D eigenvalue weighted by molar-refractivity contribution is -0.146. The first-order valence-corrected chi connectivity index (χ1v) is 4.84. The Balaban J connectivity index is 2.48. The molecule has 0 aliphatic heterocycles. The predicted octanol–water partition coefficient (Wildman–Crippen LogP) is 2.47. The zero-order valence-electron chi connectivity index (χ0n) is 8.71. The highest BCUT2D eigenvalue weighted by Gasteiger charge is 2.37. The molecule has 0 radical (unpaired) electrons. The summed E-state index contributed by atoms with van der Waals surface area (Å²) in [7, 11) is 1.35. The fourth-order valence-electron chi connectivity index (χ4n) is 1.97. The van der Waals surface area contributed by atoms with Crippen LogP contribution in [0.2, 0.25) is 0 Å². The molecular weight excluding hydrogens is 233 g/mol. The molecule has 0 amide bonds. The molecule has 0 unspecified atom stereocenters. The molecule has 3 aromatic rings. The first-order valence-electron chi connectivity index (χ1n) is 4.84. The largest absolute Gasteiger partial charge is 0.449 e. The first kappa shape index (κ1) is 10.1. The first-order chi connectivity index (χ1) is 7.98. The quantitative estimate of drug-likeness (QED) is 0.656. The van der Waals surface area contributed by atoms with Crippen LogP contribution < -0.4 is 0 Å². The zero-order chi connectivity index (χ0) is 12.2. The van der Waals surface area contributed by atoms with Crippen molar-refractivity contribution in [3.63, 3.8) is 0 Å². The van der Waals surface area contributed by atoms with E-state index >= 15 is 0 Å². The lowest BCUT2D eigenvalue weighted by atomic mass is 10.3. The standard InChI is InChI=1S/C10H7F3N4/c1-17-7-5-2-3-14-8(5)15-4-6(7)16-9(17)10(11,12)13/h2-4H,1H3,(H,14,15). The summed E-state index contributed by atoms with van der Waals surface area (Å²) < 4.78 is 39.2. The van der Waals surface area contributed by atoms with E-state index in [-0.39, 0.29) is 5.52 Å². The van der Waals surface area contributed by atoms with Gasteiger partial charge in [0.15, 0.2) is 0 Å². The van der Waals surface area contributed by atoms with Crippen LogP contribution in [0.25, 0.3) is 22.1 Å². The van der Waals surface area contributed by atoms with Gasteiger partial charge in [-0.3, -0.25) is 0 Å². The van der Waals surface area contributed by atoms with E-state index in [2.05, 4.69) is 15.0 Å². The van der Waals surface area contributed by atoms with E-state index in [4.69, 9.17) is 0 Å². The van der Waals surface area contributed by atoms with Crippen LogP contribution in [-0.4, -0.2) is 19.5 Å². The molecule has 0 spiro atoms. The lowest BCUT2D eigenvalue weighted by Crippen LogP contribution is -2.12. The number of aromatic nitrogens is 4. The van der Waals surface area contributed by atoms with Crippen LogP contribution in [0.15, 0.2) is 18.5 Å². The summed E-state index contributed by atoms with van der Waals surface area (Å²) in [5.41, 5.74) is 1.23. The molecule has 0 fully saturated rings. The third-order valence-corrected chi connectivity index (χ3v) is 2.67. The fraction of sp³-hybridized carbons (Fsp3) is 0.200. The monoisotopic (exact) mass is 240 g/mol. The number of aryl methyl sites for hydroxylation is 1. The van der Waals surface area contributed by atoms with Crippen LogP contribution in [0, 0.1) is 0 Å². The molecule has 4 nitrogen and oxygen atoms in total. The number of halogens is 3. The van der Waals surface area contributed by atoms with Crippen molar-refractivity contribution in [1.82, 2.24) is 19.5 Å². The Labute approximate surface area is 93.1 Å². The maximum atomic E-state index is 12.7. The molecule has 0 saturated heterocycles. The SMILES string of the molecule is Cn1c(C(F)(F)F)nc2cnc3[nH]ccc3c21. The number of fused-ring (bicyclic) bond motifs is 3. The second kappa shape index (κ2) is 2.99. The van der Waals surface area contributed by atoms with E-state index in [0.29, 0.717) is 16.6 Å². The van der Waals surface area contributed by atoms with Crippen molar-refractivity contribution < 1.29 is 13.2 Å². The third-order valence-electron chi connectivity index (χ3n) is 2.67. The number of H-pyrrole nitrogens is 1. The summed E-state index contributed by atoms with van der Waals surface area (Å²) in [5.74, 6) is -0.914. The number of nitrogens with one attached hydrogen (secondary N) is 1. The predicted molar refractivity (Wildman–Crippen MR) is 55.4 cm³/mol. The molecule has 88 valence electrons. The smallest absolute Gasteiger partial charge is 0.346 e. The van der Waals surface area contributed by atoms with Crippen LogP contribution in [0.1, 0.15) is 5.82 Å². The maximum Gasteiger partial charge on any atom is 0.449 e. The minimum absolute atomic E-state index is 0.243. The maximum absolute atomic E-state index is 12.7. The Hall–Kier alpha value is -2.05. The highest BCUT2D eigenvalue weighted by molar-refractivity contribution is 6.01. The average molecular weight is 240 g/mol. The summed E-state index contributed by atoms with van der Waals surface area (Å²) in [6.07, 6.45) is -1.49. The number of alkyl halides is 3. The number of nitrogens with zero attached hydrogens (tertiary/aromatic N) is 3. The normalized spacial score (nSPS) is 12.7. The second-order valence-corrected chi connectivity index (χ2v) is 3.72. The van der Waals surface area contributed by atoms with Crippen molar-refractivity contribution >= 4 is 22.1 Å². The van der Waals surface area contributed by atoms with Gasteiger partial charge in [-0.2, -0.15) is 13.2 Å². The molecule has 3 aromatic heterocycles. The van der Waals surface area contributed by atoms with E-state index in [1.54, 1.807) is 12.3 Å². The van der Waals surface area contributed by atoms with E-state index in [1.165, 1.54) is 13.2 Å². The molecule has 17 heavy (non-hydrogen) atoms. The topological polar surface area (TPSA) is 46.5 Å². The van der Waals surface area contributed by atoms with Gasteiger partial charge >= 0.3 is 6.18 Å². The van der Waals surface area contributed by atoms with Gasteiger partial charge in [0.25, 0.3) is 0 Å². The van der Waals surface area contributed by atoms with Crippen molar-refractivity contribution in [2.45, 2.75) is 6.18 Å². The Bertz CT molecular complexity index is 707. The Morgan fingerprint density at radius 3 is 2.82 bits per heavy atom. The zero-order valence-corrected chi connectivity index (χ0v) is 8.71. The summed E-state index contributed by atoms with van der Waals surface area (Å²) in [5, 5.41) is 0.632. The number of hydrogen-bond donors (Lipinski definition) is 1. The van der Waals surface area contributed by atoms with Crippen molar-refractivity contribution in [2.24, 2.45) is 7.05 Å². The van der Waals surface area contributed by atoms with E-state index in [9.17, 15) is 13.2 Å². The van der Waals surface area contributed by atoms with Crippen LogP contribution in [0.3, 0.4) is 0 Å². The molecule has 0 saturated carbocycles. The highest BCUT2D eigenvalue weighted by Crippen LogP contribution is 2.32. The van der Waals surface area contributed by atoms with Crippen LogP contribution in [0.5, 0.6) is 0 Å². The van der Waals surface area contributed by atoms with Gasteiger partial charge in [-0.1, -0.05) is 0 Å². The summed E-state index contributed by atoms with van der Waals surface area (Å²) in [6.45, 7) is 0. The van der Waals surface area contributed by atoms with Crippen molar-refractivity contribution in [1.29, 1.82) is 0 Å². The van der Waals surface area contributed by atoms with Crippen LogP contribution in [0.4, 0.5) is 13.2 Å². The average Bonchev–Trinajstić information content (AvgIpc) is 2.80. The summed E-state index contributed by atoms with van der Waals surface area (Å²) in [6, 6.07) is 1.69. The Kier molecular flexibility index (Phi) is 1.78. The van der Waals surface area contributed by atoms with Gasteiger partial charge in [0.05, 0.1) is 11.7 Å². The molecule has 0 aliphatic rings. The molecule has 0 bridgehead atoms. The van der Waals surface area contributed by atoms with Gasteiger partial charge in [-0.25, -0.2) is 9.97 Å². The molecule has 7 heteroatoms. The fourth-order valence-corrected chi connectivity index (χ4v) is 1.97. The lowest BCUT2D eigenvalue weighted by Gasteiger charge is -2.05. The second-order valence-electron chi connectivity index (χ2n) is 3.72. The van der Waals surface area contributed by atoms with Gasteiger partial charge in [0.2, 0.25) is 5.82 Å². The van der Waals surface area contributed by atoms with Gasteiger partial charge in [0.1, 0.15) is 11.2 Å². The minimum Gasteiger partial charge on any atom is -0.346 e. The Morgan fingerprint density at radius 2 is 2.12 bits per heavy atom. The van der Waals surface area contributed by atoms with Crippen LogP contribution in [-0.2, 0) is 13.2 Å². The van der Waals surface area contributed by atoms with E-state index < -0.39 is 12.0 Å². The van der Waals surface area contributed by atoms with Crippen molar-refractivity contribution in [3.05, 3.63) is 24.3 Å². The molecule has 0 aromatic carbocycles. The van der Waals surface area contributed by atoms with E-state index in [0.717, 1.165) is 4.57 Å². The Morgan fingerprint density at radius 1 is 1.35 bits per heavy atom.